The molecule has 0 aromatic heterocycles. The topological polar surface area (TPSA) is 43.4 Å². The van der Waals surface area contributed by atoms with Crippen LogP contribution in [0.2, 0.25) is 0 Å². The first-order valence-electron chi connectivity index (χ1n) is 12.1. The van der Waals surface area contributed by atoms with Crippen LogP contribution >= 0.6 is 0 Å². The number of rotatable bonds is 6. The van der Waals surface area contributed by atoms with Gasteiger partial charge in [0.2, 0.25) is 0 Å². The molecular formula is C20H30F12N2O4Sn. The molecule has 0 radical (unpaired) electrons. The van der Waals surface area contributed by atoms with Gasteiger partial charge in [0.15, 0.2) is 0 Å². The van der Waals surface area contributed by atoms with Crippen molar-refractivity contribution in [3.05, 3.63) is 0 Å². The maximum absolute atomic E-state index is 13.9. The molecule has 19 heteroatoms. The van der Waals surface area contributed by atoms with Crippen molar-refractivity contribution in [3.8, 4) is 0 Å². The minimum absolute atomic E-state index is 0.149. The molecule has 2 rings (SSSR count). The molecule has 2 fully saturated rings. The molecule has 0 N–H and O–H groups in total. The van der Waals surface area contributed by atoms with Gasteiger partial charge in [0.05, 0.1) is 0 Å². The molecule has 39 heavy (non-hydrogen) atoms. The molecule has 6 nitrogen and oxygen atoms in total. The molecule has 232 valence electrons. The van der Waals surface area contributed by atoms with Gasteiger partial charge in [-0.3, -0.25) is 0 Å². The quantitative estimate of drug-likeness (QED) is 0.271. The van der Waals surface area contributed by atoms with E-state index in [2.05, 4.69) is 12.3 Å². The Morgan fingerprint density at radius 2 is 0.744 bits per heavy atom. The second-order valence-electron chi connectivity index (χ2n) is 9.32. The van der Waals surface area contributed by atoms with Crippen molar-refractivity contribution in [3.63, 3.8) is 0 Å². The minimum atomic E-state index is -7.52. The molecule has 0 aromatic carbocycles. The normalized spacial score (nSPS) is 31.5. The van der Waals surface area contributed by atoms with Crippen molar-refractivity contribution >= 4 is 20.0 Å². The van der Waals surface area contributed by atoms with Crippen molar-refractivity contribution in [1.82, 2.24) is 9.80 Å². The molecule has 2 saturated heterocycles. The van der Waals surface area contributed by atoms with Gasteiger partial charge in [-0.15, -0.1) is 0 Å². The van der Waals surface area contributed by atoms with E-state index in [4.69, 9.17) is 0 Å². The number of unbranched alkanes of at least 4 members (excludes halogenated alkanes) is 2. The van der Waals surface area contributed by atoms with E-state index in [-0.39, 0.29) is 25.9 Å². The summed E-state index contributed by atoms with van der Waals surface area (Å²) in [7, 11) is 0. The Kier molecular flexibility index (Phi) is 12.0. The number of hydrogen-bond acceptors (Lipinski definition) is 6. The van der Waals surface area contributed by atoms with Crippen LogP contribution in [-0.2, 0) is 12.3 Å². The number of nitrogens with zero attached hydrogens (tertiary/aromatic N) is 2. The third-order valence-corrected chi connectivity index (χ3v) is 12.5. The molecule has 2 heterocycles. The summed E-state index contributed by atoms with van der Waals surface area (Å²) >= 11 is -7.52. The molecule has 0 bridgehead atoms. The summed E-state index contributed by atoms with van der Waals surface area (Å²) in [5, 5.41) is 0. The second kappa shape index (κ2) is 13.4. The Bertz CT molecular complexity index is 647. The van der Waals surface area contributed by atoms with Gasteiger partial charge in [-0.25, -0.2) is 0 Å². The van der Waals surface area contributed by atoms with Gasteiger partial charge >= 0.3 is 223 Å². The summed E-state index contributed by atoms with van der Waals surface area (Å²) in [4.78, 5) is 1.38. The zero-order chi connectivity index (χ0) is 29.9. The first-order chi connectivity index (χ1) is 17.7. The maximum atomic E-state index is 13.9. The van der Waals surface area contributed by atoms with Crippen LogP contribution in [-0.4, -0.2) is 118 Å². The van der Waals surface area contributed by atoms with Gasteiger partial charge in [0.1, 0.15) is 0 Å². The zero-order valence-electron chi connectivity index (χ0n) is 20.9. The van der Waals surface area contributed by atoms with E-state index < -0.39 is 95.3 Å². The second-order valence-corrected chi connectivity index (χ2v) is 14.9. The average molecular weight is 709 g/mol. The van der Waals surface area contributed by atoms with Crippen LogP contribution in [0.3, 0.4) is 0 Å². The van der Waals surface area contributed by atoms with Gasteiger partial charge in [-0.05, 0) is 0 Å². The van der Waals surface area contributed by atoms with Gasteiger partial charge in [0.25, 0.3) is 0 Å². The van der Waals surface area contributed by atoms with Crippen LogP contribution in [0.1, 0.15) is 39.5 Å². The van der Waals surface area contributed by atoms with Crippen LogP contribution < -0.4 is 0 Å². The molecule has 0 saturated carbocycles. The Morgan fingerprint density at radius 1 is 0.513 bits per heavy atom. The van der Waals surface area contributed by atoms with E-state index >= 15 is 0 Å². The Balaban J connectivity index is 2.64. The van der Waals surface area contributed by atoms with Crippen LogP contribution in [0, 0.1) is 0 Å². The molecule has 2 aliphatic rings. The zero-order valence-corrected chi connectivity index (χ0v) is 23.8. The van der Waals surface area contributed by atoms with Crippen molar-refractivity contribution in [2.45, 2.75) is 88.7 Å². The van der Waals surface area contributed by atoms with Crippen molar-refractivity contribution in [2.24, 2.45) is 0 Å². The van der Waals surface area contributed by atoms with Crippen LogP contribution in [0.15, 0.2) is 0 Å². The molecule has 4 atom stereocenters. The summed E-state index contributed by atoms with van der Waals surface area (Å²) in [6, 6.07) is 0. The average Bonchev–Trinajstić information content (AvgIpc) is 2.72. The third-order valence-electron chi connectivity index (χ3n) is 5.96. The molecular weight excluding hydrogens is 679 g/mol. The van der Waals surface area contributed by atoms with Crippen LogP contribution in [0.5, 0.6) is 0 Å². The summed E-state index contributed by atoms with van der Waals surface area (Å²) in [5.41, 5.74) is 0. The van der Waals surface area contributed by atoms with Crippen molar-refractivity contribution in [2.75, 3.05) is 39.3 Å². The predicted octanol–water partition coefficient (Wildman–Crippen LogP) is 5.44. The summed E-state index contributed by atoms with van der Waals surface area (Å²) in [6.45, 7) is -2.59. The van der Waals surface area contributed by atoms with Crippen molar-refractivity contribution in [1.29, 1.82) is 0 Å². The molecule has 2 aliphatic heterocycles. The fraction of sp³-hybridized carbons (Fsp3) is 1.00. The van der Waals surface area contributed by atoms with E-state index in [1.165, 1.54) is 0 Å². The number of alkyl halides is 12. The van der Waals surface area contributed by atoms with E-state index in [0.717, 1.165) is 0 Å². The van der Waals surface area contributed by atoms with Crippen molar-refractivity contribution < 1.29 is 65.0 Å². The fourth-order valence-corrected chi connectivity index (χ4v) is 11.2. The summed E-state index contributed by atoms with van der Waals surface area (Å²) in [5.74, 6) is 0. The molecule has 0 amide bonds. The van der Waals surface area contributed by atoms with E-state index in [0.29, 0.717) is 22.6 Å². The van der Waals surface area contributed by atoms with Gasteiger partial charge < -0.3 is 0 Å². The Hall–Kier alpha value is -0.281. The van der Waals surface area contributed by atoms with Crippen LogP contribution in [0.4, 0.5) is 52.7 Å². The summed E-state index contributed by atoms with van der Waals surface area (Å²) < 4.78 is 186. The molecule has 1 spiro atoms. The van der Waals surface area contributed by atoms with Gasteiger partial charge in [-0.2, -0.15) is 0 Å². The SMILES string of the molecule is CCCCN1CC(C(F)(F)F)[O][Sn]2([O]C(C(F)(F)F)C1)[O]C(C(F)(F)F)CN(CCCC)CC(C(F)(F)F)[O]2. The fourth-order valence-electron chi connectivity index (χ4n) is 3.91. The monoisotopic (exact) mass is 710 g/mol. The standard InChI is InChI=1S/2C10H15F6NO2.Sn/c2*1-2-3-4-17(5-7(18)9(11,12)13)6-8(19)10(14,15)16;/h2*7-8H,2-6H2,1H3;/q2*-2;+4. The first-order valence-corrected chi connectivity index (χ1v) is 16.8. The van der Waals surface area contributed by atoms with Gasteiger partial charge in [0, 0.05) is 0 Å². The van der Waals surface area contributed by atoms with Crippen LogP contribution in [0.25, 0.3) is 0 Å². The predicted molar refractivity (Wildman–Crippen MR) is 112 cm³/mol. The molecule has 0 aliphatic carbocycles. The molecule has 0 aromatic rings. The number of hydrogen-bond donors (Lipinski definition) is 0. The number of halogens is 12. The van der Waals surface area contributed by atoms with Gasteiger partial charge in [-0.1, -0.05) is 0 Å². The Labute approximate surface area is 222 Å². The summed E-state index contributed by atoms with van der Waals surface area (Å²) in [6.07, 6.45) is -33.1. The molecule has 4 unspecified atom stereocenters. The van der Waals surface area contributed by atoms with E-state index in [9.17, 15) is 52.7 Å². The Morgan fingerprint density at radius 3 is 0.923 bits per heavy atom. The third kappa shape index (κ3) is 10.5. The van der Waals surface area contributed by atoms with E-state index in [1.807, 2.05) is 0 Å². The first kappa shape index (κ1) is 34.9. The van der Waals surface area contributed by atoms with E-state index in [1.54, 1.807) is 13.8 Å².